The van der Waals surface area contributed by atoms with Crippen molar-refractivity contribution in [1.82, 2.24) is 10.4 Å². The molecule has 2 heterocycles. The first-order chi connectivity index (χ1) is 9.93. The Kier molecular flexibility index (Phi) is 4.79. The van der Waals surface area contributed by atoms with Crippen molar-refractivity contribution in [3.8, 4) is 0 Å². The van der Waals surface area contributed by atoms with Crippen LogP contribution in [0.1, 0.15) is 20.3 Å². The molecule has 118 valence electrons. The third-order valence-corrected chi connectivity index (χ3v) is 3.71. The summed E-state index contributed by atoms with van der Waals surface area (Å²) in [6, 6.07) is -0.679. The largest absolute Gasteiger partial charge is 0.463 e. The molecule has 0 saturated carbocycles. The second-order valence-corrected chi connectivity index (χ2v) is 5.21. The molecule has 0 aromatic heterocycles. The van der Waals surface area contributed by atoms with Crippen molar-refractivity contribution in [2.24, 2.45) is 5.92 Å². The molecule has 0 unspecified atom stereocenters. The monoisotopic (exact) mass is 300 g/mol. The molecule has 0 spiro atoms. The summed E-state index contributed by atoms with van der Waals surface area (Å²) in [7, 11) is 1.52. The number of likely N-dealkylation sites (N-methyl/N-ethyl adjacent to an activating group) is 1. The molecular weight excluding hydrogens is 280 g/mol. The second kappa shape index (κ2) is 6.40. The van der Waals surface area contributed by atoms with Crippen LogP contribution in [0.15, 0.2) is 0 Å². The first-order valence-corrected chi connectivity index (χ1v) is 6.87. The number of carbonyl (C=O) groups excluding carboxylic acids is 3. The number of hydroxylamine groups is 2. The Morgan fingerprint density at radius 1 is 1.33 bits per heavy atom. The molecule has 0 radical (unpaired) electrons. The number of hydrogen-bond acceptors (Lipinski definition) is 6. The van der Waals surface area contributed by atoms with E-state index in [1.807, 2.05) is 0 Å². The van der Waals surface area contributed by atoms with Gasteiger partial charge in [0.05, 0.1) is 12.7 Å². The van der Waals surface area contributed by atoms with Crippen LogP contribution in [-0.4, -0.2) is 61.4 Å². The smallest absolute Gasteiger partial charge is 0.302 e. The van der Waals surface area contributed by atoms with Crippen LogP contribution >= 0.6 is 0 Å². The van der Waals surface area contributed by atoms with Crippen molar-refractivity contribution in [2.75, 3.05) is 20.3 Å². The van der Waals surface area contributed by atoms with E-state index in [1.54, 1.807) is 0 Å². The predicted octanol–water partition coefficient (Wildman–Crippen LogP) is -0.768. The van der Waals surface area contributed by atoms with Gasteiger partial charge in [0.25, 0.3) is 0 Å². The highest BCUT2D eigenvalue weighted by Gasteiger charge is 2.51. The number of hydrogen-bond donors (Lipinski definition) is 1. The van der Waals surface area contributed by atoms with Crippen LogP contribution < -0.4 is 5.32 Å². The van der Waals surface area contributed by atoms with Gasteiger partial charge in [0.2, 0.25) is 11.8 Å². The van der Waals surface area contributed by atoms with Gasteiger partial charge in [0.15, 0.2) is 0 Å². The first kappa shape index (κ1) is 15.7. The van der Waals surface area contributed by atoms with Crippen LogP contribution in [-0.2, 0) is 28.7 Å². The SMILES string of the molecule is CNC(=O)[C@@H]1[C@@H]2C[C@@H](COC(C)=O)OC[C@@H]2ON1C(C)=O. The van der Waals surface area contributed by atoms with Gasteiger partial charge in [0.1, 0.15) is 18.8 Å². The fraction of sp³-hybridized carbons (Fsp3) is 0.769. The van der Waals surface area contributed by atoms with Gasteiger partial charge in [-0.2, -0.15) is 0 Å². The minimum Gasteiger partial charge on any atom is -0.463 e. The summed E-state index contributed by atoms with van der Waals surface area (Å²) in [5.41, 5.74) is 0. The van der Waals surface area contributed by atoms with Crippen molar-refractivity contribution >= 4 is 17.8 Å². The maximum absolute atomic E-state index is 12.0. The Morgan fingerprint density at radius 3 is 2.62 bits per heavy atom. The minimum atomic E-state index is -0.679. The van der Waals surface area contributed by atoms with Crippen LogP contribution in [0.5, 0.6) is 0 Å². The number of rotatable bonds is 3. The third-order valence-electron chi connectivity index (χ3n) is 3.71. The minimum absolute atomic E-state index is 0.138. The molecule has 2 aliphatic rings. The molecule has 2 saturated heterocycles. The highest BCUT2D eigenvalue weighted by Crippen LogP contribution is 2.35. The van der Waals surface area contributed by atoms with Crippen LogP contribution in [0.4, 0.5) is 0 Å². The van der Waals surface area contributed by atoms with E-state index in [4.69, 9.17) is 14.3 Å². The standard InChI is InChI=1S/C13H20N2O6/c1-7(16)15-12(13(18)14-3)10-4-9(5-19-8(2)17)20-6-11(10)21-15/h9-12H,4-6H2,1-3H3,(H,14,18)/t9-,10+,11-,12-/m0/s1. The third kappa shape index (κ3) is 3.33. The Balaban J connectivity index is 2.08. The molecule has 8 heteroatoms. The van der Waals surface area contributed by atoms with Crippen molar-refractivity contribution in [3.63, 3.8) is 0 Å². The predicted molar refractivity (Wildman–Crippen MR) is 69.7 cm³/mol. The fourth-order valence-electron chi connectivity index (χ4n) is 2.75. The number of nitrogens with zero attached hydrogens (tertiary/aromatic N) is 1. The zero-order valence-electron chi connectivity index (χ0n) is 12.3. The van der Waals surface area contributed by atoms with Crippen LogP contribution in [0.25, 0.3) is 0 Å². The Morgan fingerprint density at radius 2 is 2.05 bits per heavy atom. The lowest BCUT2D eigenvalue weighted by Gasteiger charge is -2.31. The van der Waals surface area contributed by atoms with Gasteiger partial charge in [-0.15, -0.1) is 0 Å². The Hall–Kier alpha value is -1.67. The van der Waals surface area contributed by atoms with E-state index < -0.39 is 6.04 Å². The summed E-state index contributed by atoms with van der Waals surface area (Å²) in [6.45, 7) is 3.08. The number of carbonyl (C=O) groups is 3. The maximum Gasteiger partial charge on any atom is 0.302 e. The zero-order chi connectivity index (χ0) is 15.6. The van der Waals surface area contributed by atoms with Crippen LogP contribution in [0.3, 0.4) is 0 Å². The van der Waals surface area contributed by atoms with Gasteiger partial charge in [-0.25, -0.2) is 5.06 Å². The van der Waals surface area contributed by atoms with Crippen molar-refractivity contribution < 1.29 is 28.7 Å². The van der Waals surface area contributed by atoms with Gasteiger partial charge in [-0.3, -0.25) is 19.2 Å². The molecule has 2 aliphatic heterocycles. The molecule has 2 amide bonds. The maximum atomic E-state index is 12.0. The Labute approximate surface area is 122 Å². The van der Waals surface area contributed by atoms with E-state index in [0.717, 1.165) is 5.06 Å². The molecule has 2 fully saturated rings. The van der Waals surface area contributed by atoms with Crippen molar-refractivity contribution in [2.45, 2.75) is 38.5 Å². The zero-order valence-corrected chi connectivity index (χ0v) is 12.3. The summed E-state index contributed by atoms with van der Waals surface area (Å²) < 4.78 is 10.5. The van der Waals surface area contributed by atoms with Gasteiger partial charge < -0.3 is 14.8 Å². The number of esters is 1. The molecule has 0 bridgehead atoms. The van der Waals surface area contributed by atoms with E-state index >= 15 is 0 Å². The summed E-state index contributed by atoms with van der Waals surface area (Å²) >= 11 is 0. The van der Waals surface area contributed by atoms with Gasteiger partial charge in [-0.05, 0) is 6.42 Å². The number of amides is 2. The lowest BCUT2D eigenvalue weighted by Crippen LogP contribution is -2.49. The first-order valence-electron chi connectivity index (χ1n) is 6.87. The van der Waals surface area contributed by atoms with E-state index in [9.17, 15) is 14.4 Å². The molecule has 21 heavy (non-hydrogen) atoms. The van der Waals surface area contributed by atoms with Gasteiger partial charge in [0, 0.05) is 26.8 Å². The average molecular weight is 300 g/mol. The molecule has 1 N–H and O–H groups in total. The quantitative estimate of drug-likeness (QED) is 0.688. The molecule has 0 aromatic carbocycles. The van der Waals surface area contributed by atoms with E-state index in [1.165, 1.54) is 20.9 Å². The molecule has 0 aromatic rings. The average Bonchev–Trinajstić information content (AvgIpc) is 2.83. The van der Waals surface area contributed by atoms with Gasteiger partial charge in [-0.1, -0.05) is 0 Å². The van der Waals surface area contributed by atoms with Crippen molar-refractivity contribution in [1.29, 1.82) is 0 Å². The Bertz CT molecular complexity index is 440. The number of fused-ring (bicyclic) bond motifs is 1. The van der Waals surface area contributed by atoms with E-state index in [0.29, 0.717) is 6.42 Å². The van der Waals surface area contributed by atoms with E-state index in [-0.39, 0.29) is 49.1 Å². The summed E-state index contributed by atoms with van der Waals surface area (Å²) in [5, 5.41) is 3.67. The normalized spacial score (nSPS) is 31.5. The van der Waals surface area contributed by atoms with Crippen molar-refractivity contribution in [3.05, 3.63) is 0 Å². The lowest BCUT2D eigenvalue weighted by atomic mass is 9.87. The highest BCUT2D eigenvalue weighted by molar-refractivity contribution is 5.87. The number of ether oxygens (including phenoxy) is 2. The second-order valence-electron chi connectivity index (χ2n) is 5.21. The summed E-state index contributed by atoms with van der Waals surface area (Å²) in [6.07, 6.45) is -0.151. The number of nitrogens with one attached hydrogen (secondary N) is 1. The van der Waals surface area contributed by atoms with Gasteiger partial charge >= 0.3 is 5.97 Å². The molecule has 4 atom stereocenters. The lowest BCUT2D eigenvalue weighted by molar-refractivity contribution is -0.198. The van der Waals surface area contributed by atoms with Crippen LogP contribution in [0, 0.1) is 5.92 Å². The summed E-state index contributed by atoms with van der Waals surface area (Å²) in [5.74, 6) is -1.15. The molecular formula is C13H20N2O6. The topological polar surface area (TPSA) is 94.2 Å². The van der Waals surface area contributed by atoms with E-state index in [2.05, 4.69) is 5.32 Å². The fourth-order valence-corrected chi connectivity index (χ4v) is 2.75. The van der Waals surface area contributed by atoms with Crippen LogP contribution in [0.2, 0.25) is 0 Å². The molecule has 2 rings (SSSR count). The molecule has 8 nitrogen and oxygen atoms in total. The molecule has 0 aliphatic carbocycles. The summed E-state index contributed by atoms with van der Waals surface area (Å²) in [4.78, 5) is 40.1. The highest BCUT2D eigenvalue weighted by atomic mass is 16.7.